The number of hydrazone groups is 1. The molecule has 0 spiro atoms. The second kappa shape index (κ2) is 6.29. The lowest BCUT2D eigenvalue weighted by Gasteiger charge is -2.03. The molecule has 0 saturated heterocycles. The lowest BCUT2D eigenvalue weighted by atomic mass is 10.1. The van der Waals surface area contributed by atoms with Crippen LogP contribution < -0.4 is 5.43 Å². The number of hydrogen-bond acceptors (Lipinski definition) is 2. The first kappa shape index (κ1) is 13.5. The Hall–Kier alpha value is -1.94. The van der Waals surface area contributed by atoms with Gasteiger partial charge in [0.2, 0.25) is 0 Å². The van der Waals surface area contributed by atoms with Gasteiger partial charge >= 0.3 is 0 Å². The minimum Gasteiger partial charge on any atom is -0.267 e. The molecule has 96 valence electrons. The molecule has 2 rings (SSSR count). The van der Waals surface area contributed by atoms with Crippen LogP contribution in [0.2, 0.25) is 0 Å². The van der Waals surface area contributed by atoms with E-state index in [2.05, 4.69) is 26.5 Å². The van der Waals surface area contributed by atoms with E-state index in [1.165, 1.54) is 0 Å². The Morgan fingerprint density at radius 3 is 2.26 bits per heavy atom. The van der Waals surface area contributed by atoms with Gasteiger partial charge in [-0.2, -0.15) is 5.10 Å². The molecule has 19 heavy (non-hydrogen) atoms. The van der Waals surface area contributed by atoms with E-state index in [0.717, 1.165) is 15.7 Å². The van der Waals surface area contributed by atoms with Gasteiger partial charge in [0.05, 0.1) is 5.71 Å². The van der Waals surface area contributed by atoms with Crippen molar-refractivity contribution in [3.8, 4) is 0 Å². The predicted octanol–water partition coefficient (Wildman–Crippen LogP) is 3.60. The number of hydrogen-bond donors (Lipinski definition) is 1. The molecule has 0 bridgehead atoms. The maximum atomic E-state index is 11.9. The lowest BCUT2D eigenvalue weighted by molar-refractivity contribution is 0.0955. The van der Waals surface area contributed by atoms with Crippen LogP contribution in [0.5, 0.6) is 0 Å². The van der Waals surface area contributed by atoms with E-state index in [9.17, 15) is 4.79 Å². The first-order valence-corrected chi connectivity index (χ1v) is 6.62. The number of amides is 1. The highest BCUT2D eigenvalue weighted by molar-refractivity contribution is 9.10. The van der Waals surface area contributed by atoms with Gasteiger partial charge in [-0.25, -0.2) is 5.43 Å². The number of nitrogens with zero attached hydrogens (tertiary/aromatic N) is 1. The number of halogens is 1. The molecule has 0 radical (unpaired) electrons. The molecule has 0 saturated carbocycles. The van der Waals surface area contributed by atoms with Crippen molar-refractivity contribution >= 4 is 27.5 Å². The molecule has 4 heteroatoms. The summed E-state index contributed by atoms with van der Waals surface area (Å²) in [5.74, 6) is -0.220. The number of rotatable bonds is 3. The predicted molar refractivity (Wildman–Crippen MR) is 80.3 cm³/mol. The highest BCUT2D eigenvalue weighted by Crippen LogP contribution is 2.10. The summed E-state index contributed by atoms with van der Waals surface area (Å²) in [6.45, 7) is 1.86. The summed E-state index contributed by atoms with van der Waals surface area (Å²) in [4.78, 5) is 11.9. The van der Waals surface area contributed by atoms with Gasteiger partial charge in [-0.3, -0.25) is 4.79 Å². The summed E-state index contributed by atoms with van der Waals surface area (Å²) >= 11 is 3.33. The number of carbonyl (C=O) groups is 1. The topological polar surface area (TPSA) is 41.5 Å². The Morgan fingerprint density at radius 1 is 1.00 bits per heavy atom. The van der Waals surface area contributed by atoms with Gasteiger partial charge < -0.3 is 0 Å². The first-order valence-electron chi connectivity index (χ1n) is 5.82. The Kier molecular flexibility index (Phi) is 4.47. The van der Waals surface area contributed by atoms with Crippen molar-refractivity contribution < 1.29 is 4.79 Å². The highest BCUT2D eigenvalue weighted by atomic mass is 79.9. The summed E-state index contributed by atoms with van der Waals surface area (Å²) in [7, 11) is 0. The largest absolute Gasteiger partial charge is 0.271 e. The monoisotopic (exact) mass is 316 g/mol. The van der Waals surface area contributed by atoms with Crippen LogP contribution in [0, 0.1) is 0 Å². The van der Waals surface area contributed by atoms with Crippen LogP contribution in [-0.4, -0.2) is 11.6 Å². The van der Waals surface area contributed by atoms with E-state index in [1.807, 2.05) is 49.4 Å². The van der Waals surface area contributed by atoms with Gasteiger partial charge in [0, 0.05) is 10.0 Å². The molecular formula is C15H13BrN2O. The third-order valence-electron chi connectivity index (χ3n) is 2.62. The van der Waals surface area contributed by atoms with Crippen molar-refractivity contribution in [3.05, 3.63) is 70.2 Å². The van der Waals surface area contributed by atoms with Crippen LogP contribution in [0.25, 0.3) is 0 Å². The van der Waals surface area contributed by atoms with E-state index in [1.54, 1.807) is 12.1 Å². The van der Waals surface area contributed by atoms with Crippen LogP contribution in [0.3, 0.4) is 0 Å². The smallest absolute Gasteiger partial charge is 0.267 e. The molecular weight excluding hydrogens is 304 g/mol. The fraction of sp³-hybridized carbons (Fsp3) is 0.0667. The van der Waals surface area contributed by atoms with Crippen molar-refractivity contribution in [2.45, 2.75) is 6.92 Å². The summed E-state index contributed by atoms with van der Waals surface area (Å²) < 4.78 is 0.938. The SMILES string of the molecule is C/C(=N/NC(=O)c1ccc(Br)cc1)c1ccccc1. The molecule has 0 unspecified atom stereocenters. The van der Waals surface area contributed by atoms with Crippen molar-refractivity contribution in [2.24, 2.45) is 5.10 Å². The average Bonchev–Trinajstić information content (AvgIpc) is 2.46. The van der Waals surface area contributed by atoms with Crippen molar-refractivity contribution in [1.29, 1.82) is 0 Å². The van der Waals surface area contributed by atoms with Gasteiger partial charge in [-0.05, 0) is 36.8 Å². The molecule has 2 aromatic rings. The van der Waals surface area contributed by atoms with Crippen LogP contribution in [0.1, 0.15) is 22.8 Å². The summed E-state index contributed by atoms with van der Waals surface area (Å²) in [5.41, 5.74) is 4.88. The van der Waals surface area contributed by atoms with Crippen LogP contribution >= 0.6 is 15.9 Å². The fourth-order valence-corrected chi connectivity index (χ4v) is 1.81. The molecule has 0 fully saturated rings. The zero-order valence-corrected chi connectivity index (χ0v) is 12.0. The van der Waals surface area contributed by atoms with Gasteiger partial charge in [-0.15, -0.1) is 0 Å². The highest BCUT2D eigenvalue weighted by Gasteiger charge is 2.04. The molecule has 0 aliphatic heterocycles. The molecule has 0 heterocycles. The Bertz CT molecular complexity index is 591. The molecule has 2 aromatic carbocycles. The fourth-order valence-electron chi connectivity index (χ4n) is 1.54. The molecule has 0 aromatic heterocycles. The molecule has 3 nitrogen and oxygen atoms in total. The van der Waals surface area contributed by atoms with E-state index in [0.29, 0.717) is 5.56 Å². The van der Waals surface area contributed by atoms with Crippen molar-refractivity contribution in [3.63, 3.8) is 0 Å². The van der Waals surface area contributed by atoms with Gasteiger partial charge in [0.1, 0.15) is 0 Å². The van der Waals surface area contributed by atoms with Gasteiger partial charge in [0.15, 0.2) is 0 Å². The average molecular weight is 317 g/mol. The maximum absolute atomic E-state index is 11.9. The van der Waals surface area contributed by atoms with Crippen molar-refractivity contribution in [2.75, 3.05) is 0 Å². The molecule has 0 aliphatic carbocycles. The normalized spacial score (nSPS) is 11.2. The zero-order chi connectivity index (χ0) is 13.7. The number of carbonyl (C=O) groups excluding carboxylic acids is 1. The molecule has 0 atom stereocenters. The summed E-state index contributed by atoms with van der Waals surface area (Å²) in [5, 5.41) is 4.10. The van der Waals surface area contributed by atoms with Crippen LogP contribution in [-0.2, 0) is 0 Å². The van der Waals surface area contributed by atoms with E-state index >= 15 is 0 Å². The third-order valence-corrected chi connectivity index (χ3v) is 3.15. The second-order valence-corrected chi connectivity index (χ2v) is 4.93. The second-order valence-electron chi connectivity index (χ2n) is 4.01. The number of benzene rings is 2. The van der Waals surface area contributed by atoms with Crippen LogP contribution in [0.4, 0.5) is 0 Å². The van der Waals surface area contributed by atoms with Crippen molar-refractivity contribution in [1.82, 2.24) is 5.43 Å². The summed E-state index contributed by atoms with van der Waals surface area (Å²) in [6, 6.07) is 16.8. The van der Waals surface area contributed by atoms with Gasteiger partial charge in [-0.1, -0.05) is 46.3 Å². The summed E-state index contributed by atoms with van der Waals surface area (Å²) in [6.07, 6.45) is 0. The quantitative estimate of drug-likeness (QED) is 0.682. The Labute approximate surface area is 120 Å². The van der Waals surface area contributed by atoms with Crippen LogP contribution in [0.15, 0.2) is 64.2 Å². The number of nitrogens with one attached hydrogen (secondary N) is 1. The van der Waals surface area contributed by atoms with E-state index in [4.69, 9.17) is 0 Å². The molecule has 1 amide bonds. The van der Waals surface area contributed by atoms with Gasteiger partial charge in [0.25, 0.3) is 5.91 Å². The first-order chi connectivity index (χ1) is 9.16. The molecule has 0 aliphatic rings. The Morgan fingerprint density at radius 2 is 1.63 bits per heavy atom. The minimum absolute atomic E-state index is 0.220. The third kappa shape index (κ3) is 3.76. The van der Waals surface area contributed by atoms with E-state index in [-0.39, 0.29) is 5.91 Å². The van der Waals surface area contributed by atoms with E-state index < -0.39 is 0 Å². The standard InChI is InChI=1S/C15H13BrN2O/c1-11(12-5-3-2-4-6-12)17-18-15(19)13-7-9-14(16)10-8-13/h2-10H,1H3,(H,18,19)/b17-11-. The molecule has 1 N–H and O–H groups in total. The maximum Gasteiger partial charge on any atom is 0.271 e. The lowest BCUT2D eigenvalue weighted by Crippen LogP contribution is -2.19. The zero-order valence-electron chi connectivity index (χ0n) is 10.4. The Balaban J connectivity index is 2.06. The minimum atomic E-state index is -0.220.